The first-order valence-corrected chi connectivity index (χ1v) is 4.70. The maximum absolute atomic E-state index is 11.4. The van der Waals surface area contributed by atoms with Crippen LogP contribution in [-0.2, 0) is 14.3 Å². The van der Waals surface area contributed by atoms with Gasteiger partial charge < -0.3 is 4.74 Å². The van der Waals surface area contributed by atoms with Gasteiger partial charge in [-0.2, -0.15) is 0 Å². The fourth-order valence-electron chi connectivity index (χ4n) is 1.49. The summed E-state index contributed by atoms with van der Waals surface area (Å²) in [6.07, 6.45) is 1.25. The van der Waals surface area contributed by atoms with Crippen molar-refractivity contribution in [2.24, 2.45) is 0 Å². The Bertz CT molecular complexity index is 431. The number of Topliss-reactive ketones (excluding diaryl/α,β-unsaturated/α-hetero) is 1. The lowest BCUT2D eigenvalue weighted by Gasteiger charge is -2.01. The van der Waals surface area contributed by atoms with Crippen LogP contribution in [0.2, 0.25) is 0 Å². The van der Waals surface area contributed by atoms with Gasteiger partial charge in [-0.3, -0.25) is 4.79 Å². The Kier molecular flexibility index (Phi) is 2.37. The average molecular weight is 202 g/mol. The predicted molar refractivity (Wildman–Crippen MR) is 55.0 cm³/mol. The zero-order valence-corrected chi connectivity index (χ0v) is 8.27. The summed E-state index contributed by atoms with van der Waals surface area (Å²) in [5, 5.41) is 0. The van der Waals surface area contributed by atoms with E-state index in [2.05, 4.69) is 0 Å². The number of ketones is 1. The molecule has 76 valence electrons. The van der Waals surface area contributed by atoms with E-state index in [4.69, 9.17) is 4.74 Å². The van der Waals surface area contributed by atoms with Gasteiger partial charge in [0.05, 0.1) is 0 Å². The number of hydrogen-bond donors (Lipinski definition) is 0. The zero-order valence-electron chi connectivity index (χ0n) is 8.27. The molecule has 2 rings (SSSR count). The van der Waals surface area contributed by atoms with Crippen molar-refractivity contribution in [1.29, 1.82) is 0 Å². The van der Waals surface area contributed by atoms with E-state index in [0.717, 1.165) is 5.56 Å². The largest absolute Gasteiger partial charge is 0.452 e. The molecule has 0 radical (unpaired) electrons. The first-order valence-electron chi connectivity index (χ1n) is 4.70. The number of ether oxygens (including phenoxy) is 1. The summed E-state index contributed by atoms with van der Waals surface area (Å²) in [6, 6.07) is 9.38. The maximum Gasteiger partial charge on any atom is 0.380 e. The highest BCUT2D eigenvalue weighted by molar-refractivity contribution is 6.43. The van der Waals surface area contributed by atoms with Gasteiger partial charge in [0.25, 0.3) is 5.78 Å². The van der Waals surface area contributed by atoms with Gasteiger partial charge in [-0.15, -0.1) is 0 Å². The van der Waals surface area contributed by atoms with Crippen molar-refractivity contribution < 1.29 is 14.3 Å². The maximum atomic E-state index is 11.4. The quantitative estimate of drug-likeness (QED) is 0.394. The summed E-state index contributed by atoms with van der Waals surface area (Å²) in [5.41, 5.74) is 1.32. The van der Waals surface area contributed by atoms with Crippen LogP contribution in [0.15, 0.2) is 35.9 Å². The number of rotatable bonds is 1. The van der Waals surface area contributed by atoms with Crippen molar-refractivity contribution in [2.75, 3.05) is 0 Å². The fourth-order valence-corrected chi connectivity index (χ4v) is 1.49. The van der Waals surface area contributed by atoms with Crippen LogP contribution in [0.1, 0.15) is 12.5 Å². The van der Waals surface area contributed by atoms with E-state index < -0.39 is 17.9 Å². The minimum atomic E-state index is -0.760. The van der Waals surface area contributed by atoms with Crippen molar-refractivity contribution in [1.82, 2.24) is 0 Å². The standard InChI is InChI=1S/C12H10O3/c1-8-10(11(13)12(14)15-8)7-9-5-3-2-4-6-9/h2-8H,1H3. The van der Waals surface area contributed by atoms with E-state index in [1.54, 1.807) is 13.0 Å². The van der Waals surface area contributed by atoms with Gasteiger partial charge >= 0.3 is 5.97 Å². The highest BCUT2D eigenvalue weighted by Crippen LogP contribution is 2.20. The molecule has 15 heavy (non-hydrogen) atoms. The molecule has 1 aromatic carbocycles. The molecule has 1 unspecified atom stereocenters. The van der Waals surface area contributed by atoms with Gasteiger partial charge in [-0.25, -0.2) is 4.79 Å². The second-order valence-corrected chi connectivity index (χ2v) is 3.39. The monoisotopic (exact) mass is 202 g/mol. The van der Waals surface area contributed by atoms with Crippen molar-refractivity contribution in [3.05, 3.63) is 41.5 Å². The lowest BCUT2D eigenvalue weighted by Crippen LogP contribution is -2.06. The molecule has 0 spiro atoms. The van der Waals surface area contributed by atoms with Crippen LogP contribution in [0.5, 0.6) is 0 Å². The Labute approximate surface area is 87.4 Å². The molecule has 0 aromatic heterocycles. The molecule has 1 aliphatic rings. The minimum Gasteiger partial charge on any atom is -0.452 e. The third-order valence-electron chi connectivity index (χ3n) is 2.29. The molecule has 0 N–H and O–H groups in total. The van der Waals surface area contributed by atoms with E-state index in [-0.39, 0.29) is 0 Å². The second kappa shape index (κ2) is 3.69. The Morgan fingerprint density at radius 3 is 2.40 bits per heavy atom. The Morgan fingerprint density at radius 2 is 1.87 bits per heavy atom. The molecule has 0 amide bonds. The number of hydrogen-bond acceptors (Lipinski definition) is 3. The lowest BCUT2D eigenvalue weighted by molar-refractivity contribution is -0.148. The molecule has 1 fully saturated rings. The van der Waals surface area contributed by atoms with Crippen LogP contribution in [0.25, 0.3) is 6.08 Å². The van der Waals surface area contributed by atoms with E-state index in [0.29, 0.717) is 5.57 Å². The molecule has 1 atom stereocenters. The van der Waals surface area contributed by atoms with Gasteiger partial charge in [-0.05, 0) is 18.6 Å². The van der Waals surface area contributed by atoms with Crippen molar-refractivity contribution >= 4 is 17.8 Å². The molecular weight excluding hydrogens is 192 g/mol. The van der Waals surface area contributed by atoms with Gasteiger partial charge in [0.2, 0.25) is 0 Å². The third-order valence-corrected chi connectivity index (χ3v) is 2.29. The molecule has 1 saturated heterocycles. The summed E-state index contributed by atoms with van der Waals surface area (Å²) >= 11 is 0. The van der Waals surface area contributed by atoms with Crippen LogP contribution in [-0.4, -0.2) is 17.9 Å². The molecule has 0 aliphatic carbocycles. The summed E-state index contributed by atoms with van der Waals surface area (Å²) in [4.78, 5) is 22.3. The summed E-state index contributed by atoms with van der Waals surface area (Å²) in [5.74, 6) is -1.30. The van der Waals surface area contributed by atoms with Gasteiger partial charge in [-0.1, -0.05) is 30.3 Å². The molecule has 0 bridgehead atoms. The molecule has 1 heterocycles. The molecule has 1 aromatic rings. The number of esters is 1. The van der Waals surface area contributed by atoms with E-state index >= 15 is 0 Å². The van der Waals surface area contributed by atoms with Crippen LogP contribution in [0.4, 0.5) is 0 Å². The topological polar surface area (TPSA) is 43.4 Å². The van der Waals surface area contributed by atoms with Crippen LogP contribution < -0.4 is 0 Å². The van der Waals surface area contributed by atoms with Crippen molar-refractivity contribution in [2.45, 2.75) is 13.0 Å². The Morgan fingerprint density at radius 1 is 1.20 bits per heavy atom. The number of benzene rings is 1. The molecule has 3 heteroatoms. The SMILES string of the molecule is CC1OC(=O)C(=O)C1=Cc1ccccc1. The summed E-state index contributed by atoms with van der Waals surface area (Å²) in [7, 11) is 0. The minimum absolute atomic E-state index is 0.422. The first-order chi connectivity index (χ1) is 7.18. The Hall–Kier alpha value is -1.90. The first kappa shape index (κ1) is 9.65. The third kappa shape index (κ3) is 1.81. The van der Waals surface area contributed by atoms with Crippen LogP contribution in [0.3, 0.4) is 0 Å². The Balaban J connectivity index is 2.35. The summed E-state index contributed by atoms with van der Waals surface area (Å²) in [6.45, 7) is 1.69. The number of carbonyl (C=O) groups is 2. The van der Waals surface area contributed by atoms with Crippen LogP contribution in [0, 0.1) is 0 Å². The lowest BCUT2D eigenvalue weighted by atomic mass is 10.1. The highest BCUT2D eigenvalue weighted by atomic mass is 16.6. The number of cyclic esters (lactones) is 1. The zero-order chi connectivity index (χ0) is 10.8. The normalized spacial score (nSPS) is 23.3. The van der Waals surface area contributed by atoms with Crippen LogP contribution >= 0.6 is 0 Å². The average Bonchev–Trinajstić information content (AvgIpc) is 2.47. The van der Waals surface area contributed by atoms with Crippen molar-refractivity contribution in [3.63, 3.8) is 0 Å². The fraction of sp³-hybridized carbons (Fsp3) is 0.167. The van der Waals surface area contributed by atoms with Gasteiger partial charge in [0.1, 0.15) is 6.10 Å². The van der Waals surface area contributed by atoms with E-state index in [1.807, 2.05) is 30.3 Å². The van der Waals surface area contributed by atoms with E-state index in [1.165, 1.54) is 0 Å². The molecular formula is C12H10O3. The van der Waals surface area contributed by atoms with E-state index in [9.17, 15) is 9.59 Å². The smallest absolute Gasteiger partial charge is 0.380 e. The van der Waals surface area contributed by atoms with Gasteiger partial charge in [0.15, 0.2) is 0 Å². The summed E-state index contributed by atoms with van der Waals surface area (Å²) < 4.78 is 4.80. The second-order valence-electron chi connectivity index (χ2n) is 3.39. The predicted octanol–water partition coefficient (Wildman–Crippen LogP) is 1.58. The molecule has 3 nitrogen and oxygen atoms in total. The molecule has 1 aliphatic heterocycles. The number of carbonyl (C=O) groups excluding carboxylic acids is 2. The highest BCUT2D eigenvalue weighted by Gasteiger charge is 2.34. The molecule has 0 saturated carbocycles. The van der Waals surface area contributed by atoms with Crippen molar-refractivity contribution in [3.8, 4) is 0 Å². The van der Waals surface area contributed by atoms with Gasteiger partial charge in [0, 0.05) is 5.57 Å².